The van der Waals surface area contributed by atoms with Gasteiger partial charge in [0.1, 0.15) is 5.69 Å². The quantitative estimate of drug-likeness (QED) is 0.805. The van der Waals surface area contributed by atoms with Crippen LogP contribution in [0, 0.1) is 0 Å². The van der Waals surface area contributed by atoms with Crippen LogP contribution in [0.2, 0.25) is 0 Å². The first kappa shape index (κ1) is 11.9. The Kier molecular flexibility index (Phi) is 3.93. The van der Waals surface area contributed by atoms with E-state index in [4.69, 9.17) is 5.11 Å². The number of carboxylic acids is 1. The van der Waals surface area contributed by atoms with Crippen molar-refractivity contribution in [3.63, 3.8) is 0 Å². The summed E-state index contributed by atoms with van der Waals surface area (Å²) < 4.78 is 0. The number of carboxylic acid groups (broad SMARTS) is 1. The molecule has 0 aliphatic carbocycles. The van der Waals surface area contributed by atoms with Crippen molar-refractivity contribution in [2.45, 2.75) is 12.8 Å². The van der Waals surface area contributed by atoms with Gasteiger partial charge in [0.25, 0.3) is 0 Å². The Morgan fingerprint density at radius 1 is 1.47 bits per heavy atom. The van der Waals surface area contributed by atoms with Crippen molar-refractivity contribution in [3.8, 4) is 0 Å². The number of carbonyl (C=O) groups is 1. The molecular formula is C12H17N3O2. The first-order valence-corrected chi connectivity index (χ1v) is 5.91. The molecule has 0 spiro atoms. The second-order valence-corrected chi connectivity index (χ2v) is 4.21. The molecule has 1 saturated heterocycles. The van der Waals surface area contributed by atoms with E-state index in [0.29, 0.717) is 0 Å². The Hall–Kier alpha value is -1.62. The molecule has 5 heteroatoms. The standard InChI is InChI=1S/C12H17N3O2/c16-12(17)11-9-10(3-4-14-11)13-5-8-15-6-1-2-7-15/h3-4,9H,1-2,5-8H2,(H,13,14)(H,16,17). The van der Waals surface area contributed by atoms with E-state index in [-0.39, 0.29) is 5.69 Å². The fourth-order valence-electron chi connectivity index (χ4n) is 2.02. The van der Waals surface area contributed by atoms with Gasteiger partial charge in [-0.05, 0) is 38.1 Å². The van der Waals surface area contributed by atoms with Gasteiger partial charge in [-0.1, -0.05) is 0 Å². The van der Waals surface area contributed by atoms with Crippen LogP contribution in [0.25, 0.3) is 0 Å². The number of nitrogens with zero attached hydrogens (tertiary/aromatic N) is 2. The molecule has 0 amide bonds. The van der Waals surface area contributed by atoms with Gasteiger partial charge in [0, 0.05) is 25.0 Å². The van der Waals surface area contributed by atoms with Crippen LogP contribution in [0.15, 0.2) is 18.3 Å². The lowest BCUT2D eigenvalue weighted by Gasteiger charge is -2.15. The van der Waals surface area contributed by atoms with Crippen molar-refractivity contribution < 1.29 is 9.90 Å². The molecule has 92 valence electrons. The summed E-state index contributed by atoms with van der Waals surface area (Å²) in [5.41, 5.74) is 0.896. The maximum absolute atomic E-state index is 10.7. The fraction of sp³-hybridized carbons (Fsp3) is 0.500. The van der Waals surface area contributed by atoms with Crippen LogP contribution in [-0.4, -0.2) is 47.1 Å². The molecule has 0 atom stereocenters. The Morgan fingerprint density at radius 3 is 2.94 bits per heavy atom. The lowest BCUT2D eigenvalue weighted by molar-refractivity contribution is 0.0690. The van der Waals surface area contributed by atoms with E-state index < -0.39 is 5.97 Å². The van der Waals surface area contributed by atoms with Crippen LogP contribution in [0.4, 0.5) is 5.69 Å². The number of anilines is 1. The van der Waals surface area contributed by atoms with E-state index in [9.17, 15) is 4.79 Å². The second-order valence-electron chi connectivity index (χ2n) is 4.21. The molecule has 0 bridgehead atoms. The average Bonchev–Trinajstić information content (AvgIpc) is 2.82. The third kappa shape index (κ3) is 3.42. The third-order valence-electron chi connectivity index (χ3n) is 2.93. The van der Waals surface area contributed by atoms with Gasteiger partial charge in [0.2, 0.25) is 0 Å². The molecule has 1 aromatic heterocycles. The summed E-state index contributed by atoms with van der Waals surface area (Å²) in [5.74, 6) is -0.992. The molecule has 5 nitrogen and oxygen atoms in total. The third-order valence-corrected chi connectivity index (χ3v) is 2.93. The molecule has 0 aromatic carbocycles. The topological polar surface area (TPSA) is 65.5 Å². The van der Waals surface area contributed by atoms with Crippen molar-refractivity contribution in [2.75, 3.05) is 31.5 Å². The summed E-state index contributed by atoms with van der Waals surface area (Å²) in [7, 11) is 0. The Morgan fingerprint density at radius 2 is 2.24 bits per heavy atom. The van der Waals surface area contributed by atoms with Crippen LogP contribution < -0.4 is 5.32 Å². The van der Waals surface area contributed by atoms with Crippen molar-refractivity contribution in [1.82, 2.24) is 9.88 Å². The highest BCUT2D eigenvalue weighted by molar-refractivity contribution is 5.86. The lowest BCUT2D eigenvalue weighted by atomic mass is 10.3. The van der Waals surface area contributed by atoms with Crippen LogP contribution in [0.1, 0.15) is 23.3 Å². The van der Waals surface area contributed by atoms with Crippen molar-refractivity contribution in [2.24, 2.45) is 0 Å². The van der Waals surface area contributed by atoms with Gasteiger partial charge >= 0.3 is 5.97 Å². The Bertz CT molecular complexity index is 389. The van der Waals surface area contributed by atoms with Crippen molar-refractivity contribution >= 4 is 11.7 Å². The summed E-state index contributed by atoms with van der Waals surface area (Å²) >= 11 is 0. The highest BCUT2D eigenvalue weighted by Crippen LogP contribution is 2.09. The van der Waals surface area contributed by atoms with E-state index >= 15 is 0 Å². The summed E-state index contributed by atoms with van der Waals surface area (Å²) in [6, 6.07) is 3.35. The van der Waals surface area contributed by atoms with Gasteiger partial charge in [-0.3, -0.25) is 0 Å². The van der Waals surface area contributed by atoms with Crippen LogP contribution >= 0.6 is 0 Å². The number of nitrogens with one attached hydrogen (secondary N) is 1. The number of aromatic nitrogens is 1. The second kappa shape index (κ2) is 5.63. The van der Waals surface area contributed by atoms with Gasteiger partial charge in [-0.15, -0.1) is 0 Å². The minimum atomic E-state index is -0.992. The van der Waals surface area contributed by atoms with Crippen molar-refractivity contribution in [1.29, 1.82) is 0 Å². The maximum atomic E-state index is 10.7. The molecule has 1 aliphatic rings. The number of hydrogen-bond acceptors (Lipinski definition) is 4. The zero-order valence-electron chi connectivity index (χ0n) is 9.72. The largest absolute Gasteiger partial charge is 0.477 e. The molecule has 2 heterocycles. The minimum Gasteiger partial charge on any atom is -0.477 e. The van der Waals surface area contributed by atoms with Crippen LogP contribution in [0.3, 0.4) is 0 Å². The monoisotopic (exact) mass is 235 g/mol. The molecule has 0 radical (unpaired) electrons. The molecule has 2 rings (SSSR count). The van der Waals surface area contributed by atoms with E-state index in [1.165, 1.54) is 32.1 Å². The zero-order valence-corrected chi connectivity index (χ0v) is 9.72. The molecule has 0 unspecified atom stereocenters. The Balaban J connectivity index is 1.81. The number of rotatable bonds is 5. The number of pyridine rings is 1. The summed E-state index contributed by atoms with van der Waals surface area (Å²) in [5, 5.41) is 12.0. The highest BCUT2D eigenvalue weighted by Gasteiger charge is 2.10. The number of hydrogen-bond donors (Lipinski definition) is 2. The van der Waals surface area contributed by atoms with Crippen molar-refractivity contribution in [3.05, 3.63) is 24.0 Å². The number of likely N-dealkylation sites (tertiary alicyclic amines) is 1. The molecule has 2 N–H and O–H groups in total. The van der Waals surface area contributed by atoms with E-state index in [1.807, 2.05) is 0 Å². The minimum absolute atomic E-state index is 0.0798. The lowest BCUT2D eigenvalue weighted by Crippen LogP contribution is -2.26. The molecule has 0 saturated carbocycles. The normalized spacial score (nSPS) is 16.0. The molecule has 1 fully saturated rings. The van der Waals surface area contributed by atoms with E-state index in [1.54, 1.807) is 12.1 Å². The highest BCUT2D eigenvalue weighted by atomic mass is 16.4. The van der Waals surface area contributed by atoms with Gasteiger partial charge in [-0.25, -0.2) is 9.78 Å². The molecule has 17 heavy (non-hydrogen) atoms. The smallest absolute Gasteiger partial charge is 0.354 e. The van der Waals surface area contributed by atoms with Gasteiger partial charge in [0.05, 0.1) is 0 Å². The predicted molar refractivity (Wildman–Crippen MR) is 65.4 cm³/mol. The predicted octanol–water partition coefficient (Wildman–Crippen LogP) is 1.29. The first-order valence-electron chi connectivity index (χ1n) is 5.91. The van der Waals surface area contributed by atoms with Crippen LogP contribution in [0.5, 0.6) is 0 Å². The van der Waals surface area contributed by atoms with E-state index in [2.05, 4.69) is 15.2 Å². The summed E-state index contributed by atoms with van der Waals surface area (Å²) in [6.45, 7) is 4.20. The Labute approximate surface area is 100 Å². The molecule has 1 aromatic rings. The van der Waals surface area contributed by atoms with E-state index in [0.717, 1.165) is 18.8 Å². The SMILES string of the molecule is O=C(O)c1cc(NCCN2CCCC2)ccn1. The summed E-state index contributed by atoms with van der Waals surface area (Å²) in [6.07, 6.45) is 4.10. The zero-order chi connectivity index (χ0) is 12.1. The van der Waals surface area contributed by atoms with Gasteiger partial charge in [0.15, 0.2) is 0 Å². The van der Waals surface area contributed by atoms with Gasteiger partial charge < -0.3 is 15.3 Å². The molecular weight excluding hydrogens is 218 g/mol. The van der Waals surface area contributed by atoms with Gasteiger partial charge in [-0.2, -0.15) is 0 Å². The maximum Gasteiger partial charge on any atom is 0.354 e. The fourth-order valence-corrected chi connectivity index (χ4v) is 2.02. The average molecular weight is 235 g/mol. The molecule has 1 aliphatic heterocycles. The summed E-state index contributed by atoms with van der Waals surface area (Å²) in [4.78, 5) is 16.9. The first-order chi connectivity index (χ1) is 8.25. The van der Waals surface area contributed by atoms with Crippen LogP contribution in [-0.2, 0) is 0 Å². The number of aromatic carboxylic acids is 1.